The third-order valence-electron chi connectivity index (χ3n) is 2.95. The van der Waals surface area contributed by atoms with Gasteiger partial charge in [-0.15, -0.1) is 0 Å². The van der Waals surface area contributed by atoms with Crippen LogP contribution in [0.15, 0.2) is 21.1 Å². The lowest BCUT2D eigenvalue weighted by Crippen LogP contribution is -2.41. The van der Waals surface area contributed by atoms with Crippen LogP contribution in [-0.4, -0.2) is 30.9 Å². The van der Waals surface area contributed by atoms with Gasteiger partial charge in [-0.05, 0) is 84.2 Å². The van der Waals surface area contributed by atoms with Crippen molar-refractivity contribution in [3.05, 3.63) is 26.6 Å². The van der Waals surface area contributed by atoms with Crippen molar-refractivity contribution >= 4 is 38.0 Å². The first-order valence-corrected chi connectivity index (χ1v) is 9.52. The fourth-order valence-electron chi connectivity index (χ4n) is 1.91. The summed E-state index contributed by atoms with van der Waals surface area (Å²) < 4.78 is 12.6. The van der Waals surface area contributed by atoms with Crippen LogP contribution in [0.25, 0.3) is 0 Å². The van der Waals surface area contributed by atoms with Gasteiger partial charge in [0.15, 0.2) is 0 Å². The van der Waals surface area contributed by atoms with E-state index >= 15 is 0 Å². The quantitative estimate of drug-likeness (QED) is 0.617. The van der Waals surface area contributed by atoms with E-state index in [2.05, 4.69) is 42.5 Å². The lowest BCUT2D eigenvalue weighted by Gasteiger charge is -2.21. The number of hydrogen-bond acceptors (Lipinski definition) is 4. The number of hydrogen-bond donors (Lipinski definition) is 2. The molecule has 1 aromatic rings. The Kier molecular flexibility index (Phi) is 8.53. The van der Waals surface area contributed by atoms with Crippen molar-refractivity contribution in [1.82, 2.24) is 10.6 Å². The van der Waals surface area contributed by atoms with E-state index < -0.39 is 11.7 Å². The predicted octanol–water partition coefficient (Wildman–Crippen LogP) is 4.61. The second-order valence-corrected chi connectivity index (χ2v) is 8.20. The molecular weight excluding hydrogens is 440 g/mol. The summed E-state index contributed by atoms with van der Waals surface area (Å²) in [6.45, 7) is 11.3. The normalized spacial score (nSPS) is 12.6. The largest absolute Gasteiger partial charge is 0.492 e. The molecule has 0 aliphatic carbocycles. The van der Waals surface area contributed by atoms with Crippen molar-refractivity contribution in [2.45, 2.75) is 52.8 Å². The van der Waals surface area contributed by atoms with Crippen molar-refractivity contribution in [2.75, 3.05) is 13.2 Å². The zero-order valence-electron chi connectivity index (χ0n) is 14.8. The van der Waals surface area contributed by atoms with Crippen molar-refractivity contribution in [3.8, 4) is 5.75 Å². The molecule has 0 spiro atoms. The number of halogens is 2. The van der Waals surface area contributed by atoms with E-state index in [1.165, 1.54) is 0 Å². The fourth-order valence-corrected chi connectivity index (χ4v) is 3.42. The van der Waals surface area contributed by atoms with Crippen LogP contribution in [0.4, 0.5) is 4.79 Å². The van der Waals surface area contributed by atoms with Gasteiger partial charge in [-0.3, -0.25) is 0 Å². The van der Waals surface area contributed by atoms with E-state index in [1.54, 1.807) is 0 Å². The summed E-state index contributed by atoms with van der Waals surface area (Å²) in [5.41, 5.74) is 0.628. The van der Waals surface area contributed by atoms with Gasteiger partial charge in [-0.2, -0.15) is 0 Å². The van der Waals surface area contributed by atoms with Crippen molar-refractivity contribution < 1.29 is 14.3 Å². The average molecular weight is 466 g/mol. The second-order valence-electron chi connectivity index (χ2n) is 6.49. The first kappa shape index (κ1) is 21.3. The highest BCUT2D eigenvalue weighted by Crippen LogP contribution is 2.34. The van der Waals surface area contributed by atoms with Gasteiger partial charge in [0.05, 0.1) is 15.6 Å². The Morgan fingerprint density at radius 1 is 1.25 bits per heavy atom. The standard InChI is InChI=1S/C17H26Br2N2O3/c1-6-23-15-13(18)7-12(8-14(15)19)10-20-11(2)9-21-16(22)24-17(3,4)5/h7-8,11,20H,6,9-10H2,1-5H3,(H,21,22). The van der Waals surface area contributed by atoms with Crippen LogP contribution in [-0.2, 0) is 11.3 Å². The monoisotopic (exact) mass is 464 g/mol. The molecule has 0 aliphatic rings. The Morgan fingerprint density at radius 2 is 1.83 bits per heavy atom. The van der Waals surface area contributed by atoms with Gasteiger partial charge in [0, 0.05) is 19.1 Å². The molecule has 0 saturated heterocycles. The van der Waals surface area contributed by atoms with E-state index in [9.17, 15) is 4.79 Å². The fraction of sp³-hybridized carbons (Fsp3) is 0.588. The minimum atomic E-state index is -0.485. The molecule has 0 heterocycles. The van der Waals surface area contributed by atoms with Gasteiger partial charge in [0.1, 0.15) is 11.4 Å². The molecule has 2 N–H and O–H groups in total. The molecule has 24 heavy (non-hydrogen) atoms. The van der Waals surface area contributed by atoms with Gasteiger partial charge < -0.3 is 20.1 Å². The summed E-state index contributed by atoms with van der Waals surface area (Å²) in [5.74, 6) is 0.806. The van der Waals surface area contributed by atoms with E-state index in [4.69, 9.17) is 9.47 Å². The number of benzene rings is 1. The number of alkyl carbamates (subject to hydrolysis) is 1. The Morgan fingerprint density at radius 3 is 2.33 bits per heavy atom. The van der Waals surface area contributed by atoms with Gasteiger partial charge in [-0.25, -0.2) is 4.79 Å². The molecule has 0 aromatic heterocycles. The highest BCUT2D eigenvalue weighted by molar-refractivity contribution is 9.11. The number of carbonyl (C=O) groups is 1. The maximum Gasteiger partial charge on any atom is 0.407 e. The molecule has 0 bridgehead atoms. The van der Waals surface area contributed by atoms with Gasteiger partial charge >= 0.3 is 6.09 Å². The van der Waals surface area contributed by atoms with Gasteiger partial charge in [0.25, 0.3) is 0 Å². The minimum Gasteiger partial charge on any atom is -0.492 e. The molecule has 0 fully saturated rings. The summed E-state index contributed by atoms with van der Waals surface area (Å²) in [7, 11) is 0. The molecule has 1 atom stereocenters. The molecule has 0 radical (unpaired) electrons. The van der Waals surface area contributed by atoms with Crippen LogP contribution in [0.3, 0.4) is 0 Å². The zero-order valence-corrected chi connectivity index (χ0v) is 18.0. The summed E-state index contributed by atoms with van der Waals surface area (Å²) in [5, 5.41) is 6.13. The lowest BCUT2D eigenvalue weighted by molar-refractivity contribution is 0.0523. The third-order valence-corrected chi connectivity index (χ3v) is 4.13. The number of ether oxygens (including phenoxy) is 2. The number of nitrogens with one attached hydrogen (secondary N) is 2. The molecule has 136 valence electrons. The van der Waals surface area contributed by atoms with Crippen LogP contribution in [0.2, 0.25) is 0 Å². The van der Waals surface area contributed by atoms with Crippen molar-refractivity contribution in [2.24, 2.45) is 0 Å². The van der Waals surface area contributed by atoms with Crippen LogP contribution in [0, 0.1) is 0 Å². The molecule has 1 amide bonds. The summed E-state index contributed by atoms with van der Waals surface area (Å²) in [6.07, 6.45) is -0.400. The van der Waals surface area contributed by atoms with Crippen LogP contribution in [0.1, 0.15) is 40.2 Å². The smallest absolute Gasteiger partial charge is 0.407 e. The van der Waals surface area contributed by atoms with Crippen LogP contribution < -0.4 is 15.4 Å². The van der Waals surface area contributed by atoms with E-state index in [-0.39, 0.29) is 6.04 Å². The second kappa shape index (κ2) is 9.63. The number of carbonyl (C=O) groups excluding carboxylic acids is 1. The Balaban J connectivity index is 2.47. The molecule has 1 rings (SSSR count). The molecule has 0 saturated carbocycles. The third kappa shape index (κ3) is 7.85. The SMILES string of the molecule is CCOc1c(Br)cc(CNC(C)CNC(=O)OC(C)(C)C)cc1Br. The predicted molar refractivity (Wildman–Crippen MR) is 104 cm³/mol. The first-order valence-electron chi connectivity index (χ1n) is 7.93. The molecular formula is C17H26Br2N2O3. The number of rotatable bonds is 7. The molecule has 5 nitrogen and oxygen atoms in total. The van der Waals surface area contributed by atoms with Crippen LogP contribution >= 0.6 is 31.9 Å². The van der Waals surface area contributed by atoms with Crippen molar-refractivity contribution in [3.63, 3.8) is 0 Å². The van der Waals surface area contributed by atoms with Gasteiger partial charge in [0.2, 0.25) is 0 Å². The minimum absolute atomic E-state index is 0.113. The Hall–Kier alpha value is -0.790. The maximum atomic E-state index is 11.6. The first-order chi connectivity index (χ1) is 11.1. The molecule has 1 aromatic carbocycles. The topological polar surface area (TPSA) is 59.6 Å². The Labute approximate surface area is 161 Å². The lowest BCUT2D eigenvalue weighted by atomic mass is 10.2. The van der Waals surface area contributed by atoms with E-state index in [0.29, 0.717) is 19.7 Å². The molecule has 1 unspecified atom stereocenters. The average Bonchev–Trinajstić information content (AvgIpc) is 2.45. The summed E-state index contributed by atoms with van der Waals surface area (Å²) >= 11 is 7.05. The highest BCUT2D eigenvalue weighted by Gasteiger charge is 2.16. The summed E-state index contributed by atoms with van der Waals surface area (Å²) in [6, 6.07) is 4.16. The van der Waals surface area contributed by atoms with Crippen LogP contribution in [0.5, 0.6) is 5.75 Å². The van der Waals surface area contributed by atoms with E-state index in [0.717, 1.165) is 20.3 Å². The van der Waals surface area contributed by atoms with E-state index in [1.807, 2.05) is 46.8 Å². The zero-order chi connectivity index (χ0) is 18.3. The summed E-state index contributed by atoms with van der Waals surface area (Å²) in [4.78, 5) is 11.6. The highest BCUT2D eigenvalue weighted by atomic mass is 79.9. The van der Waals surface area contributed by atoms with Crippen molar-refractivity contribution in [1.29, 1.82) is 0 Å². The van der Waals surface area contributed by atoms with Gasteiger partial charge in [-0.1, -0.05) is 0 Å². The molecule has 0 aliphatic heterocycles. The number of amides is 1. The molecule has 7 heteroatoms. The maximum absolute atomic E-state index is 11.6. The Bertz CT molecular complexity index is 536.